The van der Waals surface area contributed by atoms with E-state index in [2.05, 4.69) is 5.32 Å². The van der Waals surface area contributed by atoms with E-state index in [0.29, 0.717) is 27.9 Å². The fraction of sp³-hybridized carbons (Fsp3) is 0.176. The number of ether oxygens (including phenoxy) is 2. The van der Waals surface area contributed by atoms with Gasteiger partial charge >= 0.3 is 0 Å². The number of nitrogens with one attached hydrogen (secondary N) is 1. The van der Waals surface area contributed by atoms with Crippen LogP contribution in [0.4, 0.5) is 11.4 Å². The standard InChI is InChI=1S/C17H14Cl2N2O4/c1-10(22)21(11-5-6-14-15(7-11)25-9-24-14)8-16(23)20-13-4-2-3-12(18)17(13)19/h2-7H,8-9H2,1H3,(H,20,23). The van der Waals surface area contributed by atoms with Crippen molar-refractivity contribution >= 4 is 46.4 Å². The molecular formula is C17H14Cl2N2O4. The van der Waals surface area contributed by atoms with Crippen molar-refractivity contribution in [2.75, 3.05) is 23.6 Å². The van der Waals surface area contributed by atoms with E-state index in [-0.39, 0.29) is 24.3 Å². The van der Waals surface area contributed by atoms with Crippen molar-refractivity contribution in [2.24, 2.45) is 0 Å². The summed E-state index contributed by atoms with van der Waals surface area (Å²) in [4.78, 5) is 25.6. The number of fused-ring (bicyclic) bond motifs is 1. The lowest BCUT2D eigenvalue weighted by Gasteiger charge is -2.21. The zero-order chi connectivity index (χ0) is 18.0. The number of nitrogens with zero attached hydrogens (tertiary/aromatic N) is 1. The van der Waals surface area contributed by atoms with Crippen LogP contribution >= 0.6 is 23.2 Å². The molecule has 0 atom stereocenters. The Labute approximate surface area is 154 Å². The molecule has 2 amide bonds. The quantitative estimate of drug-likeness (QED) is 0.877. The van der Waals surface area contributed by atoms with Crippen molar-refractivity contribution in [3.8, 4) is 11.5 Å². The van der Waals surface area contributed by atoms with Gasteiger partial charge in [-0.25, -0.2) is 0 Å². The van der Waals surface area contributed by atoms with Crippen molar-refractivity contribution in [1.82, 2.24) is 0 Å². The fourth-order valence-electron chi connectivity index (χ4n) is 2.37. The molecule has 0 bridgehead atoms. The zero-order valence-electron chi connectivity index (χ0n) is 13.2. The summed E-state index contributed by atoms with van der Waals surface area (Å²) in [6, 6.07) is 9.96. The van der Waals surface area contributed by atoms with Crippen LogP contribution in [0.15, 0.2) is 36.4 Å². The Hall–Kier alpha value is -2.44. The van der Waals surface area contributed by atoms with Gasteiger partial charge in [0.15, 0.2) is 11.5 Å². The van der Waals surface area contributed by atoms with Crippen LogP contribution in [0, 0.1) is 0 Å². The molecule has 0 radical (unpaired) electrons. The first-order valence-electron chi connectivity index (χ1n) is 7.37. The summed E-state index contributed by atoms with van der Waals surface area (Å²) in [5, 5.41) is 3.23. The normalized spacial score (nSPS) is 12.0. The summed E-state index contributed by atoms with van der Waals surface area (Å²) in [7, 11) is 0. The lowest BCUT2D eigenvalue weighted by atomic mass is 10.2. The first-order valence-corrected chi connectivity index (χ1v) is 8.13. The summed E-state index contributed by atoms with van der Waals surface area (Å²) in [5.74, 6) is 0.438. The molecular weight excluding hydrogens is 367 g/mol. The van der Waals surface area contributed by atoms with Gasteiger partial charge in [-0.3, -0.25) is 9.59 Å². The first-order chi connectivity index (χ1) is 12.0. The molecule has 0 aliphatic carbocycles. The molecule has 0 spiro atoms. The number of amides is 2. The van der Waals surface area contributed by atoms with E-state index in [1.54, 1.807) is 36.4 Å². The molecule has 1 aliphatic rings. The second kappa shape index (κ2) is 7.21. The molecule has 0 saturated carbocycles. The predicted molar refractivity (Wildman–Crippen MR) is 95.7 cm³/mol. The van der Waals surface area contributed by atoms with E-state index in [1.165, 1.54) is 11.8 Å². The second-order valence-electron chi connectivity index (χ2n) is 5.29. The van der Waals surface area contributed by atoms with Gasteiger partial charge in [0.1, 0.15) is 6.54 Å². The maximum Gasteiger partial charge on any atom is 0.244 e. The smallest absolute Gasteiger partial charge is 0.244 e. The highest BCUT2D eigenvalue weighted by Crippen LogP contribution is 2.35. The van der Waals surface area contributed by atoms with Gasteiger partial charge in [-0.15, -0.1) is 0 Å². The third kappa shape index (κ3) is 3.81. The zero-order valence-corrected chi connectivity index (χ0v) is 14.7. The highest BCUT2D eigenvalue weighted by Gasteiger charge is 2.20. The number of rotatable bonds is 4. The maximum absolute atomic E-state index is 12.3. The third-order valence-electron chi connectivity index (χ3n) is 3.58. The minimum atomic E-state index is -0.406. The maximum atomic E-state index is 12.3. The van der Waals surface area contributed by atoms with E-state index in [4.69, 9.17) is 32.7 Å². The van der Waals surface area contributed by atoms with Crippen LogP contribution in [0.5, 0.6) is 11.5 Å². The molecule has 1 heterocycles. The van der Waals surface area contributed by atoms with Crippen LogP contribution in [0.3, 0.4) is 0 Å². The second-order valence-corrected chi connectivity index (χ2v) is 6.08. The SMILES string of the molecule is CC(=O)N(CC(=O)Nc1cccc(Cl)c1Cl)c1ccc2c(c1)OCO2. The van der Waals surface area contributed by atoms with Crippen molar-refractivity contribution < 1.29 is 19.1 Å². The van der Waals surface area contributed by atoms with E-state index >= 15 is 0 Å². The van der Waals surface area contributed by atoms with Gasteiger partial charge in [-0.05, 0) is 24.3 Å². The number of carbonyl (C=O) groups excluding carboxylic acids is 2. The molecule has 0 saturated heterocycles. The molecule has 8 heteroatoms. The van der Waals surface area contributed by atoms with Gasteiger partial charge in [0.25, 0.3) is 0 Å². The topological polar surface area (TPSA) is 67.9 Å². The highest BCUT2D eigenvalue weighted by molar-refractivity contribution is 6.44. The fourth-order valence-corrected chi connectivity index (χ4v) is 2.72. The number of hydrogen-bond acceptors (Lipinski definition) is 4. The molecule has 2 aromatic carbocycles. The summed E-state index contributed by atoms with van der Waals surface area (Å²) in [6.07, 6.45) is 0. The van der Waals surface area contributed by atoms with Gasteiger partial charge in [-0.1, -0.05) is 29.3 Å². The molecule has 3 rings (SSSR count). The predicted octanol–water partition coefficient (Wildman–Crippen LogP) is 3.71. The summed E-state index contributed by atoms with van der Waals surface area (Å²) in [5.41, 5.74) is 0.914. The Morgan fingerprint density at radius 2 is 1.92 bits per heavy atom. The molecule has 6 nitrogen and oxygen atoms in total. The first kappa shape index (κ1) is 17.4. The van der Waals surface area contributed by atoms with E-state index in [9.17, 15) is 9.59 Å². The van der Waals surface area contributed by atoms with Crippen molar-refractivity contribution in [2.45, 2.75) is 6.92 Å². The van der Waals surface area contributed by atoms with Crippen LogP contribution in [0.25, 0.3) is 0 Å². The average Bonchev–Trinajstić information content (AvgIpc) is 3.04. The van der Waals surface area contributed by atoms with Crippen molar-refractivity contribution in [3.05, 3.63) is 46.4 Å². The lowest BCUT2D eigenvalue weighted by Crippen LogP contribution is -2.36. The molecule has 1 N–H and O–H groups in total. The third-order valence-corrected chi connectivity index (χ3v) is 4.39. The Bertz CT molecular complexity index is 841. The van der Waals surface area contributed by atoms with Crippen LogP contribution < -0.4 is 19.7 Å². The van der Waals surface area contributed by atoms with Crippen LogP contribution in [0.1, 0.15) is 6.92 Å². The lowest BCUT2D eigenvalue weighted by molar-refractivity contribution is -0.120. The number of benzene rings is 2. The highest BCUT2D eigenvalue weighted by atomic mass is 35.5. The van der Waals surface area contributed by atoms with Gasteiger partial charge in [0.2, 0.25) is 18.6 Å². The van der Waals surface area contributed by atoms with E-state index < -0.39 is 5.91 Å². The van der Waals surface area contributed by atoms with Gasteiger partial charge in [0.05, 0.1) is 15.7 Å². The van der Waals surface area contributed by atoms with E-state index in [1.807, 2.05) is 0 Å². The Balaban J connectivity index is 1.77. The Kier molecular flexibility index (Phi) is 5.01. The molecule has 130 valence electrons. The van der Waals surface area contributed by atoms with Crippen LogP contribution in [-0.2, 0) is 9.59 Å². The Morgan fingerprint density at radius 1 is 1.16 bits per heavy atom. The molecule has 0 unspecified atom stereocenters. The number of hydrogen-bond donors (Lipinski definition) is 1. The van der Waals surface area contributed by atoms with Crippen molar-refractivity contribution in [3.63, 3.8) is 0 Å². The molecule has 0 fully saturated rings. The summed E-state index contributed by atoms with van der Waals surface area (Å²) >= 11 is 12.0. The molecule has 1 aliphatic heterocycles. The minimum absolute atomic E-state index is 0.132. The largest absolute Gasteiger partial charge is 0.454 e. The summed E-state index contributed by atoms with van der Waals surface area (Å²) < 4.78 is 10.6. The average molecular weight is 381 g/mol. The van der Waals surface area contributed by atoms with Gasteiger partial charge in [0, 0.05) is 18.7 Å². The monoisotopic (exact) mass is 380 g/mol. The van der Waals surface area contributed by atoms with Gasteiger partial charge < -0.3 is 19.7 Å². The molecule has 25 heavy (non-hydrogen) atoms. The van der Waals surface area contributed by atoms with Crippen LogP contribution in [0.2, 0.25) is 10.0 Å². The molecule has 2 aromatic rings. The molecule has 0 aromatic heterocycles. The minimum Gasteiger partial charge on any atom is -0.454 e. The van der Waals surface area contributed by atoms with Gasteiger partial charge in [-0.2, -0.15) is 0 Å². The number of halogens is 2. The van der Waals surface area contributed by atoms with E-state index in [0.717, 1.165) is 0 Å². The number of anilines is 2. The number of carbonyl (C=O) groups is 2. The van der Waals surface area contributed by atoms with Crippen molar-refractivity contribution in [1.29, 1.82) is 0 Å². The Morgan fingerprint density at radius 3 is 2.68 bits per heavy atom. The van der Waals surface area contributed by atoms with Crippen LogP contribution in [-0.4, -0.2) is 25.2 Å². The summed E-state index contributed by atoms with van der Waals surface area (Å²) in [6.45, 7) is 1.33.